The number of carbonyl (C=O) groups is 2. The second-order valence-electron chi connectivity index (χ2n) is 7.19. The van der Waals surface area contributed by atoms with E-state index in [9.17, 15) is 9.59 Å². The zero-order chi connectivity index (χ0) is 22.9. The van der Waals surface area contributed by atoms with Gasteiger partial charge in [-0.15, -0.1) is 0 Å². The first-order chi connectivity index (χ1) is 15.5. The standard InChI is InChI=1S/C24H30N2O6/c1-4-29-20-11-16(12-21(30-5-2)23(20)31-6-3)14-25-22(27)13-17-15-32-19-10-8-7-9-18(19)26-24(17)28/h7-12,17H,4-6,13-15H2,1-3H3,(H,25,27)(H,26,28). The van der Waals surface area contributed by atoms with Crippen LogP contribution in [0.2, 0.25) is 0 Å². The van der Waals surface area contributed by atoms with Crippen molar-refractivity contribution in [3.63, 3.8) is 0 Å². The lowest BCUT2D eigenvalue weighted by molar-refractivity contribution is -0.128. The largest absolute Gasteiger partial charge is 0.491 e. The Hall–Kier alpha value is -3.42. The van der Waals surface area contributed by atoms with Gasteiger partial charge in [-0.1, -0.05) is 12.1 Å². The van der Waals surface area contributed by atoms with Crippen molar-refractivity contribution in [3.05, 3.63) is 42.0 Å². The fraction of sp³-hybridized carbons (Fsp3) is 0.417. The topological polar surface area (TPSA) is 95.1 Å². The molecule has 1 aliphatic heterocycles. The van der Waals surface area contributed by atoms with Crippen molar-refractivity contribution >= 4 is 17.5 Å². The van der Waals surface area contributed by atoms with Crippen LogP contribution in [0.15, 0.2) is 36.4 Å². The Bertz CT molecular complexity index is 919. The molecule has 2 aromatic rings. The van der Waals surface area contributed by atoms with Gasteiger partial charge in [-0.2, -0.15) is 0 Å². The molecule has 3 rings (SSSR count). The van der Waals surface area contributed by atoms with Crippen molar-refractivity contribution in [2.24, 2.45) is 5.92 Å². The van der Waals surface area contributed by atoms with Crippen LogP contribution in [0, 0.1) is 5.92 Å². The van der Waals surface area contributed by atoms with E-state index in [0.717, 1.165) is 5.56 Å². The molecule has 2 amide bonds. The lowest BCUT2D eigenvalue weighted by atomic mass is 10.1. The summed E-state index contributed by atoms with van der Waals surface area (Å²) in [5.74, 6) is 1.23. The Morgan fingerprint density at radius 3 is 2.38 bits per heavy atom. The molecule has 0 aliphatic carbocycles. The molecule has 1 atom stereocenters. The summed E-state index contributed by atoms with van der Waals surface area (Å²) in [6, 6.07) is 10.9. The molecule has 0 bridgehead atoms. The van der Waals surface area contributed by atoms with Crippen molar-refractivity contribution < 1.29 is 28.5 Å². The number of fused-ring (bicyclic) bond motifs is 1. The van der Waals surface area contributed by atoms with E-state index in [2.05, 4.69) is 10.6 Å². The summed E-state index contributed by atoms with van der Waals surface area (Å²) >= 11 is 0. The Balaban J connectivity index is 1.64. The Morgan fingerprint density at radius 2 is 1.72 bits per heavy atom. The van der Waals surface area contributed by atoms with Gasteiger partial charge < -0.3 is 29.6 Å². The predicted octanol–water partition coefficient (Wildman–Crippen LogP) is 3.54. The summed E-state index contributed by atoms with van der Waals surface area (Å²) in [6.45, 7) is 7.51. The molecule has 8 nitrogen and oxygen atoms in total. The first-order valence-corrected chi connectivity index (χ1v) is 10.9. The number of hydrogen-bond donors (Lipinski definition) is 2. The number of hydrogen-bond acceptors (Lipinski definition) is 6. The van der Waals surface area contributed by atoms with Crippen molar-refractivity contribution in [2.75, 3.05) is 31.7 Å². The van der Waals surface area contributed by atoms with Gasteiger partial charge in [0.05, 0.1) is 31.4 Å². The van der Waals surface area contributed by atoms with Gasteiger partial charge in [0.2, 0.25) is 17.6 Å². The monoisotopic (exact) mass is 442 g/mol. The number of anilines is 1. The van der Waals surface area contributed by atoms with Crippen molar-refractivity contribution in [1.82, 2.24) is 5.32 Å². The minimum absolute atomic E-state index is 0.0213. The highest BCUT2D eigenvalue weighted by Gasteiger charge is 2.27. The molecule has 1 heterocycles. The number of para-hydroxylation sites is 2. The molecule has 8 heteroatoms. The van der Waals surface area contributed by atoms with E-state index in [1.807, 2.05) is 45.0 Å². The Morgan fingerprint density at radius 1 is 1.06 bits per heavy atom. The summed E-state index contributed by atoms with van der Waals surface area (Å²) in [5.41, 5.74) is 1.42. The van der Waals surface area contributed by atoms with Gasteiger partial charge in [0.1, 0.15) is 12.4 Å². The van der Waals surface area contributed by atoms with Crippen molar-refractivity contribution in [1.29, 1.82) is 0 Å². The van der Waals surface area contributed by atoms with Crippen molar-refractivity contribution in [2.45, 2.75) is 33.7 Å². The quantitative estimate of drug-likeness (QED) is 0.585. The third-order valence-electron chi connectivity index (χ3n) is 4.85. The number of nitrogens with one attached hydrogen (secondary N) is 2. The van der Waals surface area contributed by atoms with E-state index in [-0.39, 0.29) is 31.4 Å². The highest BCUT2D eigenvalue weighted by atomic mass is 16.5. The van der Waals surface area contributed by atoms with Crippen LogP contribution in [-0.4, -0.2) is 38.2 Å². The number of carbonyl (C=O) groups excluding carboxylic acids is 2. The number of amides is 2. The summed E-state index contributed by atoms with van der Waals surface area (Å²) in [4.78, 5) is 25.1. The second-order valence-corrected chi connectivity index (χ2v) is 7.19. The maximum Gasteiger partial charge on any atom is 0.231 e. The van der Waals surface area contributed by atoms with Gasteiger partial charge in [-0.25, -0.2) is 0 Å². The van der Waals surface area contributed by atoms with Crippen LogP contribution in [0.4, 0.5) is 5.69 Å². The van der Waals surface area contributed by atoms with E-state index in [1.165, 1.54) is 0 Å². The van der Waals surface area contributed by atoms with E-state index < -0.39 is 5.92 Å². The maximum atomic E-state index is 12.6. The highest BCUT2D eigenvalue weighted by Crippen LogP contribution is 2.39. The van der Waals surface area contributed by atoms with Crippen molar-refractivity contribution in [3.8, 4) is 23.0 Å². The van der Waals surface area contributed by atoms with E-state index in [1.54, 1.807) is 12.1 Å². The van der Waals surface area contributed by atoms with Crippen LogP contribution in [0.1, 0.15) is 32.8 Å². The predicted molar refractivity (Wildman–Crippen MR) is 120 cm³/mol. The van der Waals surface area contributed by atoms with Gasteiger partial charge in [-0.3, -0.25) is 9.59 Å². The smallest absolute Gasteiger partial charge is 0.231 e. The van der Waals surface area contributed by atoms with Crippen LogP contribution in [0.3, 0.4) is 0 Å². The molecule has 1 unspecified atom stereocenters. The molecular weight excluding hydrogens is 412 g/mol. The third kappa shape index (κ3) is 5.84. The average molecular weight is 443 g/mol. The van der Waals surface area contributed by atoms with Crippen LogP contribution >= 0.6 is 0 Å². The van der Waals surface area contributed by atoms with Gasteiger partial charge in [0.15, 0.2) is 11.5 Å². The number of ether oxygens (including phenoxy) is 4. The maximum absolute atomic E-state index is 12.6. The summed E-state index contributed by atoms with van der Waals surface area (Å²) in [5, 5.41) is 5.69. The normalized spacial score (nSPS) is 15.0. The number of benzene rings is 2. The Kier molecular flexibility index (Phi) is 8.19. The van der Waals surface area contributed by atoms with E-state index in [4.69, 9.17) is 18.9 Å². The highest BCUT2D eigenvalue weighted by molar-refractivity contribution is 5.97. The van der Waals surface area contributed by atoms with Crippen LogP contribution in [0.25, 0.3) is 0 Å². The molecule has 172 valence electrons. The lowest BCUT2D eigenvalue weighted by Gasteiger charge is -2.18. The van der Waals surface area contributed by atoms with Crippen LogP contribution < -0.4 is 29.6 Å². The van der Waals surface area contributed by atoms with Gasteiger partial charge >= 0.3 is 0 Å². The minimum atomic E-state index is -0.583. The third-order valence-corrected chi connectivity index (χ3v) is 4.85. The fourth-order valence-corrected chi connectivity index (χ4v) is 3.39. The average Bonchev–Trinajstić information content (AvgIpc) is 2.93. The first-order valence-electron chi connectivity index (χ1n) is 10.9. The van der Waals surface area contributed by atoms with Gasteiger partial charge in [0.25, 0.3) is 0 Å². The van der Waals surface area contributed by atoms with E-state index in [0.29, 0.717) is 48.5 Å². The van der Waals surface area contributed by atoms with Crippen LogP contribution in [-0.2, 0) is 16.1 Å². The molecule has 0 spiro atoms. The zero-order valence-corrected chi connectivity index (χ0v) is 18.7. The second kappa shape index (κ2) is 11.3. The molecule has 0 aromatic heterocycles. The fourth-order valence-electron chi connectivity index (χ4n) is 3.39. The summed E-state index contributed by atoms with van der Waals surface area (Å²) < 4.78 is 22.8. The van der Waals surface area contributed by atoms with E-state index >= 15 is 0 Å². The molecule has 0 fully saturated rings. The SMILES string of the molecule is CCOc1cc(CNC(=O)CC2COc3ccccc3NC2=O)cc(OCC)c1OCC. The molecule has 0 saturated carbocycles. The van der Waals surface area contributed by atoms with Gasteiger partial charge in [-0.05, 0) is 50.6 Å². The first kappa shape index (κ1) is 23.2. The molecule has 0 saturated heterocycles. The molecule has 2 N–H and O–H groups in total. The minimum Gasteiger partial charge on any atom is -0.491 e. The molecule has 32 heavy (non-hydrogen) atoms. The Labute approximate surface area is 188 Å². The number of rotatable bonds is 10. The molecule has 1 aliphatic rings. The lowest BCUT2D eigenvalue weighted by Crippen LogP contribution is -2.32. The summed E-state index contributed by atoms with van der Waals surface area (Å²) in [6.07, 6.45) is 0.0213. The zero-order valence-electron chi connectivity index (χ0n) is 18.7. The molecule has 2 aromatic carbocycles. The van der Waals surface area contributed by atoms with Gasteiger partial charge in [0, 0.05) is 13.0 Å². The molecular formula is C24H30N2O6. The summed E-state index contributed by atoms with van der Waals surface area (Å²) in [7, 11) is 0. The molecule has 0 radical (unpaired) electrons. The van der Waals surface area contributed by atoms with Crippen LogP contribution in [0.5, 0.6) is 23.0 Å².